The fourth-order valence-electron chi connectivity index (χ4n) is 3.02. The van der Waals surface area contributed by atoms with E-state index in [1.165, 1.54) is 0 Å². The standard InChI is InChI=1S/C18H27N3O3/c1-2-20(17(22)12-19)13-16-10-6-7-11-21(16)18(23)24-14-15-8-4-3-5-9-15/h3-5,8-9,16H,2,6-7,10-14,19H2,1H3. The van der Waals surface area contributed by atoms with Gasteiger partial charge in [-0.3, -0.25) is 4.79 Å². The number of hydrogen-bond acceptors (Lipinski definition) is 4. The van der Waals surface area contributed by atoms with Gasteiger partial charge >= 0.3 is 6.09 Å². The van der Waals surface area contributed by atoms with Gasteiger partial charge in [-0.2, -0.15) is 0 Å². The van der Waals surface area contributed by atoms with Crippen LogP contribution in [0, 0.1) is 0 Å². The average Bonchev–Trinajstić information content (AvgIpc) is 2.64. The summed E-state index contributed by atoms with van der Waals surface area (Å²) in [5.74, 6) is -0.0827. The molecular formula is C18H27N3O3. The molecule has 1 saturated heterocycles. The Bertz CT molecular complexity index is 536. The molecule has 24 heavy (non-hydrogen) atoms. The number of nitrogens with two attached hydrogens (primary N) is 1. The molecular weight excluding hydrogens is 306 g/mol. The molecule has 0 aromatic heterocycles. The van der Waals surface area contributed by atoms with Gasteiger partial charge in [0.15, 0.2) is 0 Å². The minimum Gasteiger partial charge on any atom is -0.445 e. The number of hydrogen-bond donors (Lipinski definition) is 1. The van der Waals surface area contributed by atoms with E-state index in [4.69, 9.17) is 10.5 Å². The van der Waals surface area contributed by atoms with E-state index in [2.05, 4.69) is 0 Å². The van der Waals surface area contributed by atoms with Gasteiger partial charge in [0, 0.05) is 19.6 Å². The molecule has 0 bridgehead atoms. The number of nitrogens with zero attached hydrogens (tertiary/aromatic N) is 2. The van der Waals surface area contributed by atoms with E-state index in [1.807, 2.05) is 37.3 Å². The van der Waals surface area contributed by atoms with Gasteiger partial charge in [0.25, 0.3) is 0 Å². The number of likely N-dealkylation sites (tertiary alicyclic amines) is 1. The normalized spacial score (nSPS) is 17.4. The topological polar surface area (TPSA) is 75.9 Å². The van der Waals surface area contributed by atoms with Gasteiger partial charge in [-0.05, 0) is 31.7 Å². The zero-order valence-electron chi connectivity index (χ0n) is 14.3. The van der Waals surface area contributed by atoms with Crippen LogP contribution in [0.1, 0.15) is 31.7 Å². The lowest BCUT2D eigenvalue weighted by Gasteiger charge is -2.37. The molecule has 2 N–H and O–H groups in total. The molecule has 1 aliphatic rings. The lowest BCUT2D eigenvalue weighted by atomic mass is 10.0. The number of piperidine rings is 1. The second-order valence-corrected chi connectivity index (χ2v) is 6.02. The minimum atomic E-state index is -0.306. The quantitative estimate of drug-likeness (QED) is 0.864. The Kier molecular flexibility index (Phi) is 7.06. The van der Waals surface area contributed by atoms with Crippen LogP contribution in [0.25, 0.3) is 0 Å². The third kappa shape index (κ3) is 4.96. The number of benzene rings is 1. The van der Waals surface area contributed by atoms with Gasteiger partial charge in [-0.1, -0.05) is 30.3 Å². The number of rotatable bonds is 6. The van der Waals surface area contributed by atoms with Gasteiger partial charge < -0.3 is 20.3 Å². The van der Waals surface area contributed by atoms with Crippen LogP contribution in [-0.2, 0) is 16.1 Å². The van der Waals surface area contributed by atoms with E-state index in [0.29, 0.717) is 19.6 Å². The van der Waals surface area contributed by atoms with E-state index < -0.39 is 0 Å². The summed E-state index contributed by atoms with van der Waals surface area (Å²) in [7, 11) is 0. The molecule has 6 nitrogen and oxygen atoms in total. The van der Waals surface area contributed by atoms with Crippen LogP contribution in [0.2, 0.25) is 0 Å². The summed E-state index contributed by atoms with van der Waals surface area (Å²) in [5.41, 5.74) is 6.43. The SMILES string of the molecule is CCN(CC1CCCCN1C(=O)OCc1ccccc1)C(=O)CN. The Morgan fingerprint density at radius 3 is 2.71 bits per heavy atom. The van der Waals surface area contributed by atoms with Crippen molar-refractivity contribution in [1.29, 1.82) is 0 Å². The number of carbonyl (C=O) groups excluding carboxylic acids is 2. The third-order valence-corrected chi connectivity index (χ3v) is 4.41. The van der Waals surface area contributed by atoms with Crippen molar-refractivity contribution in [3.05, 3.63) is 35.9 Å². The highest BCUT2D eigenvalue weighted by molar-refractivity contribution is 5.78. The molecule has 0 spiro atoms. The molecule has 0 saturated carbocycles. The predicted octanol–water partition coefficient (Wildman–Crippen LogP) is 1.98. The molecule has 1 atom stereocenters. The first kappa shape index (κ1) is 18.3. The van der Waals surface area contributed by atoms with E-state index in [1.54, 1.807) is 9.80 Å². The largest absolute Gasteiger partial charge is 0.445 e. The highest BCUT2D eigenvalue weighted by Crippen LogP contribution is 2.19. The smallest absolute Gasteiger partial charge is 0.410 e. The van der Waals surface area contributed by atoms with Gasteiger partial charge in [0.1, 0.15) is 6.61 Å². The van der Waals surface area contributed by atoms with Crippen molar-refractivity contribution < 1.29 is 14.3 Å². The van der Waals surface area contributed by atoms with Gasteiger partial charge in [-0.25, -0.2) is 4.79 Å². The highest BCUT2D eigenvalue weighted by atomic mass is 16.6. The zero-order valence-corrected chi connectivity index (χ0v) is 14.3. The summed E-state index contributed by atoms with van der Waals surface area (Å²) in [4.78, 5) is 27.8. The maximum Gasteiger partial charge on any atom is 0.410 e. The lowest BCUT2D eigenvalue weighted by molar-refractivity contribution is -0.130. The Morgan fingerprint density at radius 1 is 1.29 bits per heavy atom. The maximum absolute atomic E-state index is 12.5. The van der Waals surface area contributed by atoms with Gasteiger partial charge in [0.2, 0.25) is 5.91 Å². The molecule has 6 heteroatoms. The summed E-state index contributed by atoms with van der Waals surface area (Å²) in [6.07, 6.45) is 2.60. The van der Waals surface area contributed by atoms with Crippen molar-refractivity contribution >= 4 is 12.0 Å². The highest BCUT2D eigenvalue weighted by Gasteiger charge is 2.30. The first-order chi connectivity index (χ1) is 11.7. The Hall–Kier alpha value is -2.08. The molecule has 2 rings (SSSR count). The average molecular weight is 333 g/mol. The number of likely N-dealkylation sites (N-methyl/N-ethyl adjacent to an activating group) is 1. The Labute approximate surface area is 143 Å². The van der Waals surface area contributed by atoms with Gasteiger partial charge in [-0.15, -0.1) is 0 Å². The molecule has 0 aliphatic carbocycles. The van der Waals surface area contributed by atoms with Crippen LogP contribution in [0.15, 0.2) is 30.3 Å². The van der Waals surface area contributed by atoms with Crippen molar-refractivity contribution in [2.45, 2.75) is 38.8 Å². The van der Waals surface area contributed by atoms with Crippen LogP contribution < -0.4 is 5.73 Å². The summed E-state index contributed by atoms with van der Waals surface area (Å²) in [6.45, 7) is 3.98. The monoisotopic (exact) mass is 333 g/mol. The fourth-order valence-corrected chi connectivity index (χ4v) is 3.02. The van der Waals surface area contributed by atoms with Crippen molar-refractivity contribution in [1.82, 2.24) is 9.80 Å². The molecule has 1 unspecified atom stereocenters. The van der Waals surface area contributed by atoms with E-state index in [0.717, 1.165) is 24.8 Å². The Balaban J connectivity index is 1.94. The zero-order chi connectivity index (χ0) is 17.4. The molecule has 2 amide bonds. The molecule has 1 aliphatic heterocycles. The van der Waals surface area contributed by atoms with Crippen molar-refractivity contribution in [2.24, 2.45) is 5.73 Å². The van der Waals surface area contributed by atoms with Crippen LogP contribution in [0.3, 0.4) is 0 Å². The maximum atomic E-state index is 12.5. The van der Waals surface area contributed by atoms with E-state index in [-0.39, 0.29) is 31.2 Å². The van der Waals surface area contributed by atoms with E-state index >= 15 is 0 Å². The van der Waals surface area contributed by atoms with Crippen molar-refractivity contribution in [2.75, 3.05) is 26.2 Å². The number of ether oxygens (including phenoxy) is 1. The van der Waals surface area contributed by atoms with Crippen LogP contribution >= 0.6 is 0 Å². The lowest BCUT2D eigenvalue weighted by Crippen LogP contribution is -2.51. The molecule has 1 heterocycles. The van der Waals surface area contributed by atoms with Crippen molar-refractivity contribution in [3.63, 3.8) is 0 Å². The molecule has 0 radical (unpaired) electrons. The van der Waals surface area contributed by atoms with Crippen LogP contribution in [0.5, 0.6) is 0 Å². The molecule has 1 aromatic rings. The van der Waals surface area contributed by atoms with Gasteiger partial charge in [0.05, 0.1) is 12.6 Å². The summed E-state index contributed by atoms with van der Waals surface area (Å²) >= 11 is 0. The minimum absolute atomic E-state index is 0.000979. The summed E-state index contributed by atoms with van der Waals surface area (Å²) < 4.78 is 5.46. The van der Waals surface area contributed by atoms with E-state index in [9.17, 15) is 9.59 Å². The van der Waals surface area contributed by atoms with Crippen LogP contribution in [0.4, 0.5) is 4.79 Å². The number of amides is 2. The molecule has 1 aromatic carbocycles. The number of carbonyl (C=O) groups is 2. The third-order valence-electron chi connectivity index (χ3n) is 4.41. The molecule has 132 valence electrons. The Morgan fingerprint density at radius 2 is 2.04 bits per heavy atom. The second-order valence-electron chi connectivity index (χ2n) is 6.02. The first-order valence-corrected chi connectivity index (χ1v) is 8.60. The summed E-state index contributed by atoms with van der Waals surface area (Å²) in [6, 6.07) is 9.63. The first-order valence-electron chi connectivity index (χ1n) is 8.60. The van der Waals surface area contributed by atoms with Crippen molar-refractivity contribution in [3.8, 4) is 0 Å². The summed E-state index contributed by atoms with van der Waals surface area (Å²) in [5, 5.41) is 0. The molecule has 1 fully saturated rings. The second kappa shape index (κ2) is 9.27. The predicted molar refractivity (Wildman–Crippen MR) is 92.3 cm³/mol. The van der Waals surface area contributed by atoms with Crippen LogP contribution in [-0.4, -0.2) is 54.0 Å². The fraction of sp³-hybridized carbons (Fsp3) is 0.556.